The van der Waals surface area contributed by atoms with Crippen molar-refractivity contribution in [3.05, 3.63) is 35.9 Å². The molecule has 0 aromatic heterocycles. The van der Waals surface area contributed by atoms with Crippen molar-refractivity contribution in [3.8, 4) is 0 Å². The third-order valence-corrected chi connectivity index (χ3v) is 6.48. The van der Waals surface area contributed by atoms with Crippen LogP contribution in [0.2, 0.25) is 6.04 Å². The van der Waals surface area contributed by atoms with Crippen LogP contribution >= 0.6 is 0 Å². The maximum absolute atomic E-state index is 5.74. The molecule has 1 rings (SSSR count). The molecular weight excluding hydrogens is 284 g/mol. The molecule has 1 atom stereocenters. The van der Waals surface area contributed by atoms with E-state index in [-0.39, 0.29) is 6.73 Å². The van der Waals surface area contributed by atoms with Gasteiger partial charge < -0.3 is 24.7 Å². The smallest absolute Gasteiger partial charge is 0.377 e. The van der Waals surface area contributed by atoms with Gasteiger partial charge in [0, 0.05) is 20.3 Å². The summed E-state index contributed by atoms with van der Waals surface area (Å²) in [5.41, 5.74) is 12.6. The maximum Gasteiger partial charge on any atom is 0.501 e. The second-order valence-electron chi connectivity index (χ2n) is 5.07. The third-order valence-electron chi connectivity index (χ3n) is 3.73. The fraction of sp³-hybridized carbons (Fsp3) is 0.600. The number of rotatable bonds is 11. The Kier molecular flexibility index (Phi) is 8.75. The first kappa shape index (κ1) is 18.3. The lowest BCUT2D eigenvalue weighted by molar-refractivity contribution is 0.0987. The Labute approximate surface area is 128 Å². The van der Waals surface area contributed by atoms with Gasteiger partial charge in [0.15, 0.2) is 0 Å². The molecule has 21 heavy (non-hydrogen) atoms. The van der Waals surface area contributed by atoms with Gasteiger partial charge in [0.25, 0.3) is 0 Å². The van der Waals surface area contributed by atoms with Gasteiger partial charge in [-0.15, -0.1) is 0 Å². The summed E-state index contributed by atoms with van der Waals surface area (Å²) in [5, 5.41) is 0. The average molecular weight is 312 g/mol. The number of benzene rings is 1. The van der Waals surface area contributed by atoms with E-state index in [4.69, 9.17) is 24.7 Å². The summed E-state index contributed by atoms with van der Waals surface area (Å²) in [7, 11) is 0.633. The van der Waals surface area contributed by atoms with Gasteiger partial charge in [-0.1, -0.05) is 30.3 Å². The molecule has 1 unspecified atom stereocenters. The minimum absolute atomic E-state index is 0.119. The minimum Gasteiger partial charge on any atom is -0.377 e. The molecule has 1 aromatic carbocycles. The lowest BCUT2D eigenvalue weighted by Gasteiger charge is -2.27. The second-order valence-corrected chi connectivity index (χ2v) is 8.05. The van der Waals surface area contributed by atoms with E-state index >= 15 is 0 Å². The van der Waals surface area contributed by atoms with Crippen molar-refractivity contribution in [1.82, 2.24) is 0 Å². The highest BCUT2D eigenvalue weighted by atomic mass is 28.4. The van der Waals surface area contributed by atoms with Gasteiger partial charge in [0.05, 0.1) is 6.73 Å². The van der Waals surface area contributed by atoms with Crippen LogP contribution in [0.3, 0.4) is 0 Å². The van der Waals surface area contributed by atoms with Crippen LogP contribution in [0, 0.1) is 5.92 Å². The quantitative estimate of drug-likeness (QED) is 0.481. The van der Waals surface area contributed by atoms with Gasteiger partial charge in [-0.05, 0) is 37.3 Å². The van der Waals surface area contributed by atoms with E-state index in [1.54, 1.807) is 14.2 Å². The molecule has 120 valence electrons. The van der Waals surface area contributed by atoms with E-state index in [0.29, 0.717) is 12.5 Å². The fourth-order valence-corrected chi connectivity index (χ4v) is 4.49. The molecule has 1 aromatic rings. The van der Waals surface area contributed by atoms with Crippen molar-refractivity contribution < 1.29 is 13.3 Å². The Morgan fingerprint density at radius 2 is 1.71 bits per heavy atom. The topological polar surface area (TPSA) is 79.7 Å². The molecule has 0 aliphatic carbocycles. The predicted octanol–water partition coefficient (Wildman–Crippen LogP) is 1.75. The van der Waals surface area contributed by atoms with Crippen LogP contribution in [0.25, 0.3) is 0 Å². The zero-order valence-electron chi connectivity index (χ0n) is 13.1. The van der Waals surface area contributed by atoms with Gasteiger partial charge in [-0.3, -0.25) is 0 Å². The Bertz CT molecular complexity index is 374. The first-order valence-electron chi connectivity index (χ1n) is 7.38. The Morgan fingerprint density at radius 1 is 1.05 bits per heavy atom. The molecule has 6 heteroatoms. The molecule has 0 fully saturated rings. The monoisotopic (exact) mass is 312 g/mol. The normalized spacial score (nSPS) is 13.3. The van der Waals surface area contributed by atoms with Crippen LogP contribution in [0.15, 0.2) is 30.3 Å². The molecular formula is C15H28N2O3Si. The summed E-state index contributed by atoms with van der Waals surface area (Å²) in [6, 6.07) is 11.2. The first-order valence-corrected chi connectivity index (χ1v) is 9.31. The average Bonchev–Trinajstić information content (AvgIpc) is 2.52. The Hall–Kier alpha value is -0.763. The number of hydrogen-bond acceptors (Lipinski definition) is 5. The number of hydrogen-bond donors (Lipinski definition) is 2. The van der Waals surface area contributed by atoms with Crippen molar-refractivity contribution in [3.63, 3.8) is 0 Å². The van der Waals surface area contributed by atoms with Gasteiger partial charge in [-0.2, -0.15) is 0 Å². The van der Waals surface area contributed by atoms with Crippen molar-refractivity contribution in [2.45, 2.75) is 25.3 Å². The first-order chi connectivity index (χ1) is 10.2. The van der Waals surface area contributed by atoms with Crippen molar-refractivity contribution >= 4 is 8.80 Å². The summed E-state index contributed by atoms with van der Waals surface area (Å²) in [5.74, 6) is 0.496. The molecule has 0 aliphatic rings. The van der Waals surface area contributed by atoms with Gasteiger partial charge in [0.1, 0.15) is 0 Å². The molecule has 0 saturated carbocycles. The molecule has 0 bridgehead atoms. The van der Waals surface area contributed by atoms with E-state index in [2.05, 4.69) is 24.3 Å². The Balaban J connectivity index is 2.61. The highest BCUT2D eigenvalue weighted by Crippen LogP contribution is 2.24. The largest absolute Gasteiger partial charge is 0.501 e. The second kappa shape index (κ2) is 10.0. The Morgan fingerprint density at radius 3 is 2.24 bits per heavy atom. The molecule has 0 heterocycles. The molecule has 0 spiro atoms. The SMILES string of the molecule is CO[Si](CCC(CCN)Cc1ccccc1)(OC)OCN. The van der Waals surface area contributed by atoms with Crippen LogP contribution in [-0.2, 0) is 19.7 Å². The maximum atomic E-state index is 5.74. The zero-order chi connectivity index (χ0) is 15.6. The lowest BCUT2D eigenvalue weighted by Crippen LogP contribution is -2.45. The molecule has 4 N–H and O–H groups in total. The third kappa shape index (κ3) is 6.25. The summed E-state index contributed by atoms with van der Waals surface area (Å²) in [4.78, 5) is 0. The molecule has 0 saturated heterocycles. The van der Waals surface area contributed by atoms with Crippen LogP contribution in [0.1, 0.15) is 18.4 Å². The lowest BCUT2D eigenvalue weighted by atomic mass is 9.94. The molecule has 0 radical (unpaired) electrons. The number of nitrogens with two attached hydrogens (primary N) is 2. The van der Waals surface area contributed by atoms with Crippen molar-refractivity contribution in [2.75, 3.05) is 27.5 Å². The summed E-state index contributed by atoms with van der Waals surface area (Å²) < 4.78 is 16.5. The van der Waals surface area contributed by atoms with Gasteiger partial charge >= 0.3 is 8.80 Å². The predicted molar refractivity (Wildman–Crippen MR) is 86.6 cm³/mol. The van der Waals surface area contributed by atoms with E-state index in [0.717, 1.165) is 25.3 Å². The molecule has 5 nitrogen and oxygen atoms in total. The minimum atomic E-state index is -2.62. The zero-order valence-corrected chi connectivity index (χ0v) is 14.1. The van der Waals surface area contributed by atoms with Crippen LogP contribution in [0.5, 0.6) is 0 Å². The standard InChI is InChI=1S/C15H28N2O3Si/c1-18-21(19-2,20-13-17)11-9-15(8-10-16)12-14-6-4-3-5-7-14/h3-7,15H,8-13,16-17H2,1-2H3. The van der Waals surface area contributed by atoms with Crippen LogP contribution in [-0.4, -0.2) is 36.3 Å². The van der Waals surface area contributed by atoms with Crippen LogP contribution < -0.4 is 11.5 Å². The van der Waals surface area contributed by atoms with E-state index in [1.165, 1.54) is 5.56 Å². The van der Waals surface area contributed by atoms with Crippen molar-refractivity contribution in [1.29, 1.82) is 0 Å². The van der Waals surface area contributed by atoms with E-state index < -0.39 is 8.80 Å². The molecule has 0 aliphatic heterocycles. The summed E-state index contributed by atoms with van der Waals surface area (Å²) in [6.07, 6.45) is 2.95. The van der Waals surface area contributed by atoms with E-state index in [9.17, 15) is 0 Å². The van der Waals surface area contributed by atoms with Crippen LogP contribution in [0.4, 0.5) is 0 Å². The van der Waals surface area contributed by atoms with Gasteiger partial charge in [0.2, 0.25) is 0 Å². The summed E-state index contributed by atoms with van der Waals surface area (Å²) in [6.45, 7) is 0.803. The highest BCUT2D eigenvalue weighted by Gasteiger charge is 2.38. The molecule has 0 amide bonds. The summed E-state index contributed by atoms with van der Waals surface area (Å²) >= 11 is 0. The van der Waals surface area contributed by atoms with Gasteiger partial charge in [-0.25, -0.2) is 0 Å². The fourth-order valence-electron chi connectivity index (χ4n) is 2.52. The van der Waals surface area contributed by atoms with E-state index in [1.807, 2.05) is 6.07 Å². The van der Waals surface area contributed by atoms with Crippen molar-refractivity contribution in [2.24, 2.45) is 17.4 Å². The highest BCUT2D eigenvalue weighted by molar-refractivity contribution is 6.60.